The highest BCUT2D eigenvalue weighted by atomic mass is 32.1. The van der Waals surface area contributed by atoms with E-state index >= 15 is 0 Å². The molecule has 1 aliphatic rings. The van der Waals surface area contributed by atoms with Gasteiger partial charge in [-0.1, -0.05) is 0 Å². The number of ether oxygens (including phenoxy) is 1. The number of nitrogens with zero attached hydrogens (tertiary/aromatic N) is 3. The second kappa shape index (κ2) is 8.14. The molecular formula is C17H28N4O3S. The Morgan fingerprint density at radius 1 is 1.20 bits per heavy atom. The fraction of sp³-hybridized carbons (Fsp3) is 0.706. The first-order valence-electron chi connectivity index (χ1n) is 8.58. The zero-order valence-electron chi connectivity index (χ0n) is 15.7. The maximum atomic E-state index is 12.2. The molecule has 1 aromatic rings. The van der Waals surface area contributed by atoms with Gasteiger partial charge >= 0.3 is 6.09 Å². The first kappa shape index (κ1) is 19.7. The van der Waals surface area contributed by atoms with Crippen molar-refractivity contribution in [2.24, 2.45) is 0 Å². The summed E-state index contributed by atoms with van der Waals surface area (Å²) in [6.07, 6.45) is -0.253. The Hall–Kier alpha value is -1.67. The number of aromatic nitrogens is 1. The molecule has 0 bridgehead atoms. The average Bonchev–Trinajstić information content (AvgIpc) is 2.85. The Morgan fingerprint density at radius 3 is 2.36 bits per heavy atom. The molecule has 2 amide bonds. The van der Waals surface area contributed by atoms with E-state index in [0.717, 1.165) is 30.3 Å². The van der Waals surface area contributed by atoms with Crippen molar-refractivity contribution in [2.75, 3.05) is 39.3 Å². The predicted molar refractivity (Wildman–Crippen MR) is 98.2 cm³/mol. The second-order valence-corrected chi connectivity index (χ2v) is 8.42. The van der Waals surface area contributed by atoms with Crippen molar-refractivity contribution in [2.45, 2.75) is 40.2 Å². The maximum Gasteiger partial charge on any atom is 0.410 e. The summed E-state index contributed by atoms with van der Waals surface area (Å²) in [5.74, 6) is -0.0597. The van der Waals surface area contributed by atoms with Crippen molar-refractivity contribution in [1.82, 2.24) is 20.1 Å². The fourth-order valence-corrected chi connectivity index (χ4v) is 3.47. The predicted octanol–water partition coefficient (Wildman–Crippen LogP) is 2.04. The molecule has 0 aliphatic carbocycles. The van der Waals surface area contributed by atoms with Crippen LogP contribution in [0.25, 0.3) is 0 Å². The van der Waals surface area contributed by atoms with Gasteiger partial charge in [-0.3, -0.25) is 9.69 Å². The molecule has 1 fully saturated rings. The van der Waals surface area contributed by atoms with E-state index in [1.54, 1.807) is 4.90 Å². The molecule has 8 heteroatoms. The molecule has 1 aromatic heterocycles. The minimum Gasteiger partial charge on any atom is -0.444 e. The van der Waals surface area contributed by atoms with E-state index < -0.39 is 5.60 Å². The second-order valence-electron chi connectivity index (χ2n) is 7.21. The van der Waals surface area contributed by atoms with Gasteiger partial charge in [-0.15, -0.1) is 11.3 Å². The molecule has 0 spiro atoms. The van der Waals surface area contributed by atoms with E-state index in [2.05, 4.69) is 15.2 Å². The summed E-state index contributed by atoms with van der Waals surface area (Å²) in [5.41, 5.74) is 0.317. The third-order valence-electron chi connectivity index (χ3n) is 3.85. The molecule has 0 aromatic carbocycles. The summed E-state index contributed by atoms with van der Waals surface area (Å²) in [4.78, 5) is 33.2. The maximum absolute atomic E-state index is 12.2. The standard InChI is InChI=1S/C17H28N4O3S/c1-12-14(25-13(2)19-12)15(22)18-6-7-20-8-10-21(11-9-20)16(23)24-17(3,4)5/h6-11H2,1-5H3,(H,18,22). The van der Waals surface area contributed by atoms with Crippen LogP contribution in [0.2, 0.25) is 0 Å². The lowest BCUT2D eigenvalue weighted by molar-refractivity contribution is 0.0147. The van der Waals surface area contributed by atoms with Crippen LogP contribution in [0.5, 0.6) is 0 Å². The quantitative estimate of drug-likeness (QED) is 0.880. The van der Waals surface area contributed by atoms with Crippen molar-refractivity contribution in [3.63, 3.8) is 0 Å². The zero-order valence-corrected chi connectivity index (χ0v) is 16.5. The summed E-state index contributed by atoms with van der Waals surface area (Å²) in [5, 5.41) is 3.85. The van der Waals surface area contributed by atoms with E-state index in [0.29, 0.717) is 24.5 Å². The highest BCUT2D eigenvalue weighted by Gasteiger charge is 2.25. The van der Waals surface area contributed by atoms with Crippen molar-refractivity contribution in [3.8, 4) is 0 Å². The lowest BCUT2D eigenvalue weighted by Crippen LogP contribution is -2.51. The van der Waals surface area contributed by atoms with E-state index in [1.807, 2.05) is 34.6 Å². The van der Waals surface area contributed by atoms with Crippen LogP contribution in [-0.4, -0.2) is 71.7 Å². The van der Waals surface area contributed by atoms with Crippen molar-refractivity contribution >= 4 is 23.3 Å². The van der Waals surface area contributed by atoms with Gasteiger partial charge < -0.3 is 15.0 Å². The number of nitrogens with one attached hydrogen (secondary N) is 1. The van der Waals surface area contributed by atoms with Crippen LogP contribution in [0.1, 0.15) is 41.1 Å². The molecule has 1 N–H and O–H groups in total. The van der Waals surface area contributed by atoms with Gasteiger partial charge in [0.05, 0.1) is 10.7 Å². The summed E-state index contributed by atoms with van der Waals surface area (Å²) in [6, 6.07) is 0. The Bertz CT molecular complexity index is 616. The van der Waals surface area contributed by atoms with Crippen molar-refractivity contribution in [1.29, 1.82) is 0 Å². The summed E-state index contributed by atoms with van der Waals surface area (Å²) in [6.45, 7) is 13.6. The van der Waals surface area contributed by atoms with Crippen LogP contribution in [-0.2, 0) is 4.74 Å². The Morgan fingerprint density at radius 2 is 1.84 bits per heavy atom. The molecule has 140 valence electrons. The van der Waals surface area contributed by atoms with E-state index in [9.17, 15) is 9.59 Å². The molecule has 25 heavy (non-hydrogen) atoms. The van der Waals surface area contributed by atoms with Gasteiger partial charge in [-0.25, -0.2) is 9.78 Å². The molecule has 0 unspecified atom stereocenters. The van der Waals surface area contributed by atoms with Gasteiger partial charge in [0.15, 0.2) is 0 Å². The number of amides is 2. The highest BCUT2D eigenvalue weighted by Crippen LogP contribution is 2.16. The third-order valence-corrected chi connectivity index (χ3v) is 4.92. The van der Waals surface area contributed by atoms with E-state index in [-0.39, 0.29) is 12.0 Å². The number of carbonyl (C=O) groups excluding carboxylic acids is 2. The van der Waals surface area contributed by atoms with E-state index in [4.69, 9.17) is 4.74 Å². The Kier molecular flexibility index (Phi) is 6.40. The molecule has 1 saturated heterocycles. The summed E-state index contributed by atoms with van der Waals surface area (Å²) in [7, 11) is 0. The van der Waals surface area contributed by atoms with Crippen LogP contribution in [0.4, 0.5) is 4.79 Å². The first-order chi connectivity index (χ1) is 11.7. The molecule has 0 saturated carbocycles. The van der Waals surface area contributed by atoms with E-state index in [1.165, 1.54) is 11.3 Å². The molecule has 2 rings (SSSR count). The van der Waals surface area contributed by atoms with Gasteiger partial charge in [0.2, 0.25) is 0 Å². The molecule has 2 heterocycles. The van der Waals surface area contributed by atoms with Gasteiger partial charge in [0.25, 0.3) is 5.91 Å². The molecule has 0 radical (unpaired) electrons. The van der Waals surface area contributed by atoms with Gasteiger partial charge in [-0.2, -0.15) is 0 Å². The molecule has 0 atom stereocenters. The number of aryl methyl sites for hydroxylation is 2. The number of carbonyl (C=O) groups is 2. The smallest absolute Gasteiger partial charge is 0.410 e. The normalized spacial score (nSPS) is 16.0. The zero-order chi connectivity index (χ0) is 18.6. The van der Waals surface area contributed by atoms with Crippen LogP contribution in [0.15, 0.2) is 0 Å². The van der Waals surface area contributed by atoms with Gasteiger partial charge in [-0.05, 0) is 34.6 Å². The number of rotatable bonds is 4. The minimum atomic E-state index is -0.467. The highest BCUT2D eigenvalue weighted by molar-refractivity contribution is 7.13. The fourth-order valence-electron chi connectivity index (χ4n) is 2.63. The largest absolute Gasteiger partial charge is 0.444 e. The number of piperazine rings is 1. The lowest BCUT2D eigenvalue weighted by Gasteiger charge is -2.35. The minimum absolute atomic E-state index is 0.0597. The lowest BCUT2D eigenvalue weighted by atomic mass is 10.2. The van der Waals surface area contributed by atoms with Gasteiger partial charge in [0.1, 0.15) is 10.5 Å². The van der Waals surface area contributed by atoms with Crippen LogP contribution in [0, 0.1) is 13.8 Å². The SMILES string of the molecule is Cc1nc(C)c(C(=O)NCCN2CCN(C(=O)OC(C)(C)C)CC2)s1. The number of hydrogen-bond donors (Lipinski definition) is 1. The number of hydrogen-bond acceptors (Lipinski definition) is 6. The molecule has 7 nitrogen and oxygen atoms in total. The van der Waals surface area contributed by atoms with Crippen molar-refractivity contribution in [3.05, 3.63) is 15.6 Å². The summed E-state index contributed by atoms with van der Waals surface area (Å²) >= 11 is 1.42. The number of thiazole rings is 1. The Labute approximate surface area is 153 Å². The first-order valence-corrected chi connectivity index (χ1v) is 9.40. The average molecular weight is 369 g/mol. The molecular weight excluding hydrogens is 340 g/mol. The van der Waals surface area contributed by atoms with Crippen LogP contribution < -0.4 is 5.32 Å². The third kappa shape index (κ3) is 5.97. The van der Waals surface area contributed by atoms with Crippen molar-refractivity contribution < 1.29 is 14.3 Å². The monoisotopic (exact) mass is 368 g/mol. The Balaban J connectivity index is 1.69. The topological polar surface area (TPSA) is 74.8 Å². The molecule has 1 aliphatic heterocycles. The summed E-state index contributed by atoms with van der Waals surface area (Å²) < 4.78 is 5.39. The van der Waals surface area contributed by atoms with Gasteiger partial charge in [0, 0.05) is 39.3 Å². The van der Waals surface area contributed by atoms with Crippen LogP contribution >= 0.6 is 11.3 Å². The van der Waals surface area contributed by atoms with Crippen LogP contribution in [0.3, 0.4) is 0 Å².